The molecule has 0 bridgehead atoms. The number of nitrogens with one attached hydrogen (secondary N) is 1. The Morgan fingerprint density at radius 2 is 1.77 bits per heavy atom. The van der Waals surface area contributed by atoms with E-state index in [1.165, 1.54) is 6.92 Å². The Labute approximate surface area is 182 Å². The van der Waals surface area contributed by atoms with Crippen molar-refractivity contribution < 1.29 is 22.1 Å². The molecule has 164 valence electrons. The van der Waals surface area contributed by atoms with E-state index in [-0.39, 0.29) is 24.1 Å². The lowest BCUT2D eigenvalue weighted by atomic mass is 10.1. The number of benzene rings is 3. The largest absolute Gasteiger partial charge is 0.383 e. The maximum atomic E-state index is 13.1. The van der Waals surface area contributed by atoms with Crippen molar-refractivity contribution in [2.75, 3.05) is 31.3 Å². The second-order valence-electron chi connectivity index (χ2n) is 6.95. The summed E-state index contributed by atoms with van der Waals surface area (Å²) < 4.78 is 33.7. The number of urea groups is 1. The summed E-state index contributed by atoms with van der Waals surface area (Å²) in [7, 11) is -2.05. The summed E-state index contributed by atoms with van der Waals surface area (Å²) in [5.74, 6) is 0.102. The van der Waals surface area contributed by atoms with E-state index in [2.05, 4.69) is 5.32 Å². The van der Waals surface area contributed by atoms with Crippen LogP contribution in [0.1, 0.15) is 12.5 Å². The number of anilines is 1. The lowest BCUT2D eigenvalue weighted by Gasteiger charge is -2.23. The fraction of sp³-hybridized carbons (Fsp3) is 0.261. The molecule has 2 amide bonds. The fourth-order valence-electron chi connectivity index (χ4n) is 3.10. The molecular weight excluding hydrogens is 416 g/mol. The van der Waals surface area contributed by atoms with Gasteiger partial charge in [-0.15, -0.1) is 0 Å². The van der Waals surface area contributed by atoms with Crippen LogP contribution in [0, 0.1) is 0 Å². The average Bonchev–Trinajstić information content (AvgIpc) is 2.77. The van der Waals surface area contributed by atoms with E-state index in [0.717, 1.165) is 22.0 Å². The summed E-state index contributed by atoms with van der Waals surface area (Å²) in [4.78, 5) is 14.7. The number of amides is 2. The predicted molar refractivity (Wildman–Crippen MR) is 122 cm³/mol. The van der Waals surface area contributed by atoms with E-state index < -0.39 is 10.1 Å². The van der Waals surface area contributed by atoms with Crippen LogP contribution in [0.15, 0.2) is 66.7 Å². The van der Waals surface area contributed by atoms with Crippen LogP contribution in [0.25, 0.3) is 10.8 Å². The smallest absolute Gasteiger partial charge is 0.322 e. The molecule has 0 aliphatic rings. The number of rotatable bonds is 9. The number of hydrogen-bond acceptors (Lipinski definition) is 5. The minimum Gasteiger partial charge on any atom is -0.383 e. The van der Waals surface area contributed by atoms with Crippen LogP contribution >= 0.6 is 0 Å². The molecule has 0 spiro atoms. The van der Waals surface area contributed by atoms with Crippen LogP contribution in [0.2, 0.25) is 0 Å². The van der Waals surface area contributed by atoms with Gasteiger partial charge in [0.25, 0.3) is 0 Å². The van der Waals surface area contributed by atoms with E-state index >= 15 is 0 Å². The quantitative estimate of drug-likeness (QED) is 0.501. The zero-order chi connectivity index (χ0) is 22.3. The Hall–Kier alpha value is -3.10. The van der Waals surface area contributed by atoms with Crippen LogP contribution in [-0.4, -0.2) is 45.4 Å². The maximum absolute atomic E-state index is 13.1. The standard InChI is InChI=1S/C23H26N2O5S/c1-3-31(27,28)30-20-11-6-8-18(16-20)17-25(14-15-29-2)23(26)24-22-13-7-10-19-9-4-5-12-21(19)22/h4-13,16H,3,14-15,17H2,1-2H3,(H,24,26). The highest BCUT2D eigenvalue weighted by Gasteiger charge is 2.16. The van der Waals surface area contributed by atoms with Crippen molar-refractivity contribution in [3.05, 3.63) is 72.3 Å². The minimum atomic E-state index is -3.62. The highest BCUT2D eigenvalue weighted by Crippen LogP contribution is 2.24. The molecule has 3 aromatic rings. The van der Waals surface area contributed by atoms with Gasteiger partial charge in [0.15, 0.2) is 0 Å². The molecule has 1 N–H and O–H groups in total. The van der Waals surface area contributed by atoms with Crippen LogP contribution in [0.3, 0.4) is 0 Å². The molecule has 7 nitrogen and oxygen atoms in total. The van der Waals surface area contributed by atoms with Crippen LogP contribution in [0.4, 0.5) is 10.5 Å². The lowest BCUT2D eigenvalue weighted by molar-refractivity contribution is 0.153. The van der Waals surface area contributed by atoms with Gasteiger partial charge in [-0.2, -0.15) is 8.42 Å². The fourth-order valence-corrected chi connectivity index (χ4v) is 3.62. The average molecular weight is 443 g/mol. The normalized spacial score (nSPS) is 11.3. The van der Waals surface area contributed by atoms with Crippen molar-refractivity contribution in [2.45, 2.75) is 13.5 Å². The Kier molecular flexibility index (Phi) is 7.49. The Bertz CT molecular complexity index is 1140. The molecule has 0 fully saturated rings. The SMILES string of the molecule is CCS(=O)(=O)Oc1cccc(CN(CCOC)C(=O)Nc2cccc3ccccc23)c1. The topological polar surface area (TPSA) is 84.9 Å². The first-order chi connectivity index (χ1) is 14.9. The van der Waals surface area contributed by atoms with Crippen molar-refractivity contribution in [2.24, 2.45) is 0 Å². The van der Waals surface area contributed by atoms with Crippen LogP contribution in [0.5, 0.6) is 5.75 Å². The zero-order valence-corrected chi connectivity index (χ0v) is 18.4. The van der Waals surface area contributed by atoms with Crippen molar-refractivity contribution >= 4 is 32.6 Å². The van der Waals surface area contributed by atoms with Gasteiger partial charge >= 0.3 is 16.1 Å². The van der Waals surface area contributed by atoms with Crippen molar-refractivity contribution in [1.29, 1.82) is 0 Å². The number of carbonyl (C=O) groups excluding carboxylic acids is 1. The third kappa shape index (κ3) is 6.19. The third-order valence-corrected chi connectivity index (χ3v) is 5.89. The minimum absolute atomic E-state index is 0.120. The highest BCUT2D eigenvalue weighted by molar-refractivity contribution is 7.87. The molecular formula is C23H26N2O5S. The van der Waals surface area contributed by atoms with E-state index in [9.17, 15) is 13.2 Å². The molecule has 0 aliphatic carbocycles. The summed E-state index contributed by atoms with van der Waals surface area (Å²) in [5.41, 5.74) is 1.46. The van der Waals surface area contributed by atoms with Crippen LogP contribution in [-0.2, 0) is 21.4 Å². The molecule has 0 saturated carbocycles. The van der Waals surface area contributed by atoms with Gasteiger partial charge < -0.3 is 19.1 Å². The van der Waals surface area contributed by atoms with Crippen molar-refractivity contribution in [1.82, 2.24) is 4.90 Å². The monoisotopic (exact) mass is 442 g/mol. The Morgan fingerprint density at radius 3 is 2.55 bits per heavy atom. The lowest BCUT2D eigenvalue weighted by Crippen LogP contribution is -2.36. The van der Waals surface area contributed by atoms with Gasteiger partial charge in [-0.1, -0.05) is 48.5 Å². The molecule has 0 saturated heterocycles. The van der Waals surface area contributed by atoms with E-state index in [4.69, 9.17) is 8.92 Å². The molecule has 0 atom stereocenters. The summed E-state index contributed by atoms with van der Waals surface area (Å²) in [6.07, 6.45) is 0. The summed E-state index contributed by atoms with van der Waals surface area (Å²) in [6.45, 7) is 2.52. The first-order valence-corrected chi connectivity index (χ1v) is 11.5. The molecule has 0 radical (unpaired) electrons. The first kappa shape index (κ1) is 22.6. The summed E-state index contributed by atoms with van der Waals surface area (Å²) in [6, 6.07) is 20.0. The number of hydrogen-bond donors (Lipinski definition) is 1. The van der Waals surface area contributed by atoms with Gasteiger partial charge in [0.05, 0.1) is 18.0 Å². The predicted octanol–water partition coefficient (Wildman–Crippen LogP) is 4.25. The Balaban J connectivity index is 1.79. The number of methoxy groups -OCH3 is 1. The second-order valence-corrected chi connectivity index (χ2v) is 8.81. The van der Waals surface area contributed by atoms with E-state index in [1.807, 2.05) is 48.5 Å². The molecule has 31 heavy (non-hydrogen) atoms. The number of nitrogens with zero attached hydrogens (tertiary/aromatic N) is 1. The number of ether oxygens (including phenoxy) is 1. The van der Waals surface area contributed by atoms with Gasteiger partial charge in [0.1, 0.15) is 5.75 Å². The third-order valence-electron chi connectivity index (χ3n) is 4.73. The Morgan fingerprint density at radius 1 is 1.03 bits per heavy atom. The van der Waals surface area contributed by atoms with E-state index in [1.54, 1.807) is 30.2 Å². The molecule has 0 heterocycles. The number of carbonyl (C=O) groups is 1. The summed E-state index contributed by atoms with van der Waals surface area (Å²) >= 11 is 0. The molecule has 0 aromatic heterocycles. The van der Waals surface area contributed by atoms with Gasteiger partial charge in [0, 0.05) is 25.6 Å². The first-order valence-electron chi connectivity index (χ1n) is 9.95. The molecule has 3 rings (SSSR count). The van der Waals surface area contributed by atoms with Gasteiger partial charge in [-0.05, 0) is 36.1 Å². The highest BCUT2D eigenvalue weighted by atomic mass is 32.2. The van der Waals surface area contributed by atoms with Crippen molar-refractivity contribution in [3.8, 4) is 5.75 Å². The van der Waals surface area contributed by atoms with Gasteiger partial charge in [-0.3, -0.25) is 0 Å². The molecule has 8 heteroatoms. The number of fused-ring (bicyclic) bond motifs is 1. The molecule has 0 unspecified atom stereocenters. The van der Waals surface area contributed by atoms with Crippen LogP contribution < -0.4 is 9.50 Å². The molecule has 3 aromatic carbocycles. The summed E-state index contributed by atoms with van der Waals surface area (Å²) in [5, 5.41) is 4.96. The van der Waals surface area contributed by atoms with E-state index in [0.29, 0.717) is 13.2 Å². The maximum Gasteiger partial charge on any atom is 0.322 e. The van der Waals surface area contributed by atoms with Crippen molar-refractivity contribution in [3.63, 3.8) is 0 Å². The van der Waals surface area contributed by atoms with Gasteiger partial charge in [0.2, 0.25) is 0 Å². The second kappa shape index (κ2) is 10.3. The zero-order valence-electron chi connectivity index (χ0n) is 17.6. The molecule has 0 aliphatic heterocycles. The van der Waals surface area contributed by atoms with Gasteiger partial charge in [-0.25, -0.2) is 4.79 Å².